The van der Waals surface area contributed by atoms with E-state index in [0.717, 1.165) is 24.8 Å². The molecule has 0 aliphatic carbocycles. The molecule has 1 aliphatic heterocycles. The largest absolute Gasteiger partial charge is 0.308 e. The molecule has 0 saturated carbocycles. The third kappa shape index (κ3) is 4.09. The fourth-order valence-corrected chi connectivity index (χ4v) is 4.59. The molecule has 1 aliphatic rings. The van der Waals surface area contributed by atoms with Crippen molar-refractivity contribution < 1.29 is 16.8 Å². The van der Waals surface area contributed by atoms with Gasteiger partial charge < -0.3 is 5.32 Å². The van der Waals surface area contributed by atoms with Gasteiger partial charge in [0.05, 0.1) is 9.79 Å². The number of benzene rings is 2. The predicted molar refractivity (Wildman–Crippen MR) is 95.6 cm³/mol. The second kappa shape index (κ2) is 6.87. The molecule has 134 valence electrons. The highest BCUT2D eigenvalue weighted by Crippen LogP contribution is 2.22. The number of sulfonamides is 1. The third-order valence-corrected chi connectivity index (χ3v) is 6.82. The molecule has 8 heteroatoms. The van der Waals surface area contributed by atoms with Crippen LogP contribution in [0.5, 0.6) is 0 Å². The van der Waals surface area contributed by atoms with Crippen LogP contribution in [-0.2, 0) is 26.3 Å². The highest BCUT2D eigenvalue weighted by atomic mass is 32.2. The lowest BCUT2D eigenvalue weighted by molar-refractivity contribution is 0.491. The summed E-state index contributed by atoms with van der Waals surface area (Å²) in [6, 6.07) is 13.1. The summed E-state index contributed by atoms with van der Waals surface area (Å²) in [7, 11) is -7.06. The Morgan fingerprint density at radius 1 is 1.00 bits per heavy atom. The van der Waals surface area contributed by atoms with Gasteiger partial charge >= 0.3 is 0 Å². The van der Waals surface area contributed by atoms with Gasteiger partial charge in [0.1, 0.15) is 0 Å². The van der Waals surface area contributed by atoms with E-state index in [0.29, 0.717) is 0 Å². The van der Waals surface area contributed by atoms with E-state index >= 15 is 0 Å². The zero-order valence-corrected chi connectivity index (χ0v) is 15.4. The number of rotatable bonds is 5. The van der Waals surface area contributed by atoms with Crippen LogP contribution in [0.25, 0.3) is 0 Å². The molecule has 1 unspecified atom stereocenters. The van der Waals surface area contributed by atoms with E-state index in [1.807, 2.05) is 18.2 Å². The normalized spacial score (nSPS) is 17.9. The van der Waals surface area contributed by atoms with Gasteiger partial charge in [0, 0.05) is 18.8 Å². The van der Waals surface area contributed by atoms with Gasteiger partial charge in [0.25, 0.3) is 0 Å². The van der Waals surface area contributed by atoms with Gasteiger partial charge in [-0.1, -0.05) is 24.3 Å². The summed E-state index contributed by atoms with van der Waals surface area (Å²) in [6.45, 7) is 1.03. The maximum absolute atomic E-state index is 12.5. The van der Waals surface area contributed by atoms with Crippen LogP contribution in [0, 0.1) is 0 Å². The van der Waals surface area contributed by atoms with Crippen molar-refractivity contribution in [3.05, 3.63) is 59.7 Å². The molecule has 0 amide bonds. The molecule has 0 bridgehead atoms. The van der Waals surface area contributed by atoms with Crippen LogP contribution >= 0.6 is 0 Å². The lowest BCUT2D eigenvalue weighted by Crippen LogP contribution is -2.38. The first kappa shape index (κ1) is 18.1. The van der Waals surface area contributed by atoms with Crippen LogP contribution < -0.4 is 10.0 Å². The summed E-state index contributed by atoms with van der Waals surface area (Å²) in [5.41, 5.74) is 2.33. The molecule has 0 spiro atoms. The van der Waals surface area contributed by atoms with Crippen LogP contribution in [0.15, 0.2) is 58.3 Å². The number of fused-ring (bicyclic) bond motifs is 1. The summed E-state index contributed by atoms with van der Waals surface area (Å²) < 4.78 is 50.5. The second-order valence-electron chi connectivity index (χ2n) is 6.05. The maximum atomic E-state index is 12.5. The van der Waals surface area contributed by atoms with Gasteiger partial charge in [-0.15, -0.1) is 0 Å². The Hall–Kier alpha value is -1.74. The fraction of sp³-hybridized carbons (Fsp3) is 0.294. The van der Waals surface area contributed by atoms with Crippen molar-refractivity contribution >= 4 is 19.9 Å². The summed E-state index contributed by atoms with van der Waals surface area (Å²) in [5, 5.41) is 3.32. The van der Waals surface area contributed by atoms with E-state index in [1.54, 1.807) is 0 Å². The average molecular weight is 380 g/mol. The van der Waals surface area contributed by atoms with Crippen molar-refractivity contribution in [2.45, 2.75) is 22.3 Å². The molecule has 2 N–H and O–H groups in total. The Morgan fingerprint density at radius 3 is 2.32 bits per heavy atom. The molecule has 2 aromatic carbocycles. The van der Waals surface area contributed by atoms with E-state index in [2.05, 4.69) is 16.1 Å². The predicted octanol–water partition coefficient (Wildman–Crippen LogP) is 1.26. The highest BCUT2D eigenvalue weighted by Gasteiger charge is 2.22. The van der Waals surface area contributed by atoms with E-state index in [-0.39, 0.29) is 22.4 Å². The molecule has 0 fully saturated rings. The van der Waals surface area contributed by atoms with Crippen molar-refractivity contribution in [2.75, 3.05) is 19.3 Å². The van der Waals surface area contributed by atoms with E-state index < -0.39 is 19.9 Å². The lowest BCUT2D eigenvalue weighted by atomic mass is 9.95. The van der Waals surface area contributed by atoms with Gasteiger partial charge in [-0.25, -0.2) is 21.6 Å². The van der Waals surface area contributed by atoms with Crippen molar-refractivity contribution in [3.63, 3.8) is 0 Å². The van der Waals surface area contributed by atoms with Crippen LogP contribution in [0.1, 0.15) is 17.2 Å². The molecule has 6 nitrogen and oxygen atoms in total. The summed E-state index contributed by atoms with van der Waals surface area (Å²) in [6.07, 6.45) is 2.01. The maximum Gasteiger partial charge on any atom is 0.240 e. The van der Waals surface area contributed by atoms with Crippen LogP contribution in [-0.4, -0.2) is 36.2 Å². The Labute approximate surface area is 148 Å². The number of hydrogen-bond donors (Lipinski definition) is 2. The van der Waals surface area contributed by atoms with Gasteiger partial charge in [0.2, 0.25) is 10.0 Å². The first-order valence-corrected chi connectivity index (χ1v) is 11.3. The summed E-state index contributed by atoms with van der Waals surface area (Å²) >= 11 is 0. The summed E-state index contributed by atoms with van der Waals surface area (Å²) in [5.74, 6) is 0. The van der Waals surface area contributed by atoms with Crippen LogP contribution in [0.2, 0.25) is 0 Å². The standard InChI is InChI=1S/C17H20N2O4S2/c1-24(20,21)14-6-8-15(9-7-14)25(22,23)19-12-17-16-5-3-2-4-13(16)10-11-18-17/h2-9,17-19H,10-12H2,1H3. The molecule has 3 rings (SSSR count). The lowest BCUT2D eigenvalue weighted by Gasteiger charge is -2.27. The Bertz CT molecular complexity index is 968. The van der Waals surface area contributed by atoms with Crippen LogP contribution in [0.3, 0.4) is 0 Å². The molecule has 25 heavy (non-hydrogen) atoms. The fourth-order valence-electron chi connectivity index (χ4n) is 2.92. The Kier molecular flexibility index (Phi) is 4.97. The van der Waals surface area contributed by atoms with Gasteiger partial charge in [-0.3, -0.25) is 0 Å². The SMILES string of the molecule is CS(=O)(=O)c1ccc(S(=O)(=O)NCC2NCCc3ccccc32)cc1. The molecule has 1 heterocycles. The van der Waals surface area contributed by atoms with Crippen molar-refractivity contribution in [2.24, 2.45) is 0 Å². The van der Waals surface area contributed by atoms with E-state index in [4.69, 9.17) is 0 Å². The Balaban J connectivity index is 1.75. The zero-order valence-electron chi connectivity index (χ0n) is 13.8. The Morgan fingerprint density at radius 2 is 1.64 bits per heavy atom. The first-order chi connectivity index (χ1) is 11.8. The third-order valence-electron chi connectivity index (χ3n) is 4.26. The van der Waals surface area contributed by atoms with Crippen LogP contribution in [0.4, 0.5) is 0 Å². The zero-order chi connectivity index (χ0) is 18.1. The molecular formula is C17H20N2O4S2. The van der Waals surface area contributed by atoms with Gasteiger partial charge in [0.15, 0.2) is 9.84 Å². The van der Waals surface area contributed by atoms with Crippen molar-refractivity contribution in [3.8, 4) is 0 Å². The van der Waals surface area contributed by atoms with Gasteiger partial charge in [-0.05, 0) is 48.4 Å². The van der Waals surface area contributed by atoms with E-state index in [1.165, 1.54) is 29.8 Å². The molecule has 0 aromatic heterocycles. The molecule has 0 saturated heterocycles. The molecule has 1 atom stereocenters. The topological polar surface area (TPSA) is 92.3 Å². The smallest absolute Gasteiger partial charge is 0.240 e. The minimum absolute atomic E-state index is 0.0454. The minimum atomic E-state index is -3.71. The van der Waals surface area contributed by atoms with Gasteiger partial charge in [-0.2, -0.15) is 0 Å². The first-order valence-electron chi connectivity index (χ1n) is 7.88. The number of nitrogens with one attached hydrogen (secondary N) is 2. The average Bonchev–Trinajstić information content (AvgIpc) is 2.59. The second-order valence-corrected chi connectivity index (χ2v) is 9.83. The van der Waals surface area contributed by atoms with Crippen molar-refractivity contribution in [1.82, 2.24) is 10.0 Å². The van der Waals surface area contributed by atoms with E-state index in [9.17, 15) is 16.8 Å². The highest BCUT2D eigenvalue weighted by molar-refractivity contribution is 7.90. The molecule has 2 aromatic rings. The molecule has 0 radical (unpaired) electrons. The monoisotopic (exact) mass is 380 g/mol. The minimum Gasteiger partial charge on any atom is -0.308 e. The quantitative estimate of drug-likeness (QED) is 0.815. The van der Waals surface area contributed by atoms with Crippen molar-refractivity contribution in [1.29, 1.82) is 0 Å². The summed E-state index contributed by atoms with van der Waals surface area (Å²) in [4.78, 5) is 0.137. The number of hydrogen-bond acceptors (Lipinski definition) is 5. The number of sulfone groups is 1. The molecular weight excluding hydrogens is 360 g/mol.